The molecule has 0 radical (unpaired) electrons. The number of carbonyl (C=O) groups excluding carboxylic acids is 1. The number of carbonyl (C=O) groups is 1. The van der Waals surface area contributed by atoms with Crippen LogP contribution in [0.15, 0.2) is 37.1 Å². The van der Waals surface area contributed by atoms with Crippen molar-refractivity contribution in [1.82, 2.24) is 30.3 Å². The van der Waals surface area contributed by atoms with Crippen LogP contribution in [0.2, 0.25) is 5.02 Å². The summed E-state index contributed by atoms with van der Waals surface area (Å²) in [6.45, 7) is -0.532. The van der Waals surface area contributed by atoms with Gasteiger partial charge in [-0.15, -0.1) is 5.10 Å². The molecule has 12 heteroatoms. The molecule has 1 amide bonds. The second-order valence-corrected chi connectivity index (χ2v) is 5.65. The number of benzene rings is 1. The van der Waals surface area contributed by atoms with Gasteiger partial charge in [0.05, 0.1) is 34.9 Å². The van der Waals surface area contributed by atoms with Gasteiger partial charge in [-0.1, -0.05) is 16.8 Å². The van der Waals surface area contributed by atoms with E-state index in [1.165, 1.54) is 35.7 Å². The Balaban J connectivity index is 2.02. The molecule has 0 atom stereocenters. The average molecular weight is 398 g/mol. The van der Waals surface area contributed by atoms with Gasteiger partial charge in [0.25, 0.3) is 5.91 Å². The smallest absolute Gasteiger partial charge is 0.398 e. The van der Waals surface area contributed by atoms with Gasteiger partial charge >= 0.3 is 6.18 Å². The molecule has 2 aromatic heterocycles. The Labute approximate surface area is 155 Å². The minimum Gasteiger partial charge on any atom is -0.398 e. The highest BCUT2D eigenvalue weighted by atomic mass is 35.5. The normalized spacial score (nSPS) is 11.4. The minimum absolute atomic E-state index is 0.0532. The van der Waals surface area contributed by atoms with Crippen LogP contribution < -0.4 is 11.1 Å². The molecule has 0 aliphatic heterocycles. The molecular formula is C15H11ClF3N7O. The molecular weight excluding hydrogens is 387 g/mol. The highest BCUT2D eigenvalue weighted by molar-refractivity contribution is 6.33. The maximum atomic E-state index is 13.5. The summed E-state index contributed by atoms with van der Waals surface area (Å²) in [6.07, 6.45) is 1.78. The molecule has 3 N–H and O–H groups in total. The second-order valence-electron chi connectivity index (χ2n) is 5.27. The Morgan fingerprint density at radius 3 is 2.67 bits per heavy atom. The van der Waals surface area contributed by atoms with E-state index < -0.39 is 35.4 Å². The lowest BCUT2D eigenvalue weighted by Crippen LogP contribution is -2.26. The van der Waals surface area contributed by atoms with E-state index in [2.05, 4.69) is 25.6 Å². The van der Waals surface area contributed by atoms with Crippen LogP contribution in [-0.2, 0) is 12.7 Å². The maximum absolute atomic E-state index is 13.5. The van der Waals surface area contributed by atoms with E-state index in [-0.39, 0.29) is 16.4 Å². The third-order valence-electron chi connectivity index (χ3n) is 3.55. The predicted molar refractivity (Wildman–Crippen MR) is 89.0 cm³/mol. The second kappa shape index (κ2) is 7.19. The molecule has 0 bridgehead atoms. The first-order valence-corrected chi connectivity index (χ1v) is 7.75. The van der Waals surface area contributed by atoms with Crippen molar-refractivity contribution >= 4 is 23.2 Å². The van der Waals surface area contributed by atoms with Crippen LogP contribution in [0, 0.1) is 0 Å². The number of nitrogens with one attached hydrogen (secondary N) is 1. The number of nitrogen functional groups attached to an aromatic ring is 1. The van der Waals surface area contributed by atoms with Crippen molar-refractivity contribution in [3.8, 4) is 5.69 Å². The number of anilines is 1. The first-order chi connectivity index (χ1) is 12.8. The molecule has 0 spiro atoms. The molecule has 0 aliphatic rings. The highest BCUT2D eigenvalue weighted by Gasteiger charge is 2.38. The highest BCUT2D eigenvalue weighted by Crippen LogP contribution is 2.41. The third kappa shape index (κ3) is 3.82. The van der Waals surface area contributed by atoms with E-state index >= 15 is 0 Å². The summed E-state index contributed by atoms with van der Waals surface area (Å²) < 4.78 is 41.7. The van der Waals surface area contributed by atoms with Gasteiger partial charge in [0.1, 0.15) is 5.69 Å². The minimum atomic E-state index is -4.78. The van der Waals surface area contributed by atoms with Gasteiger partial charge in [-0.3, -0.25) is 9.78 Å². The zero-order valence-electron chi connectivity index (χ0n) is 13.4. The fraction of sp³-hybridized carbons (Fsp3) is 0.133. The Kier molecular flexibility index (Phi) is 4.95. The molecule has 2 heterocycles. The van der Waals surface area contributed by atoms with Crippen LogP contribution in [0.3, 0.4) is 0 Å². The lowest BCUT2D eigenvalue weighted by Gasteiger charge is -2.19. The maximum Gasteiger partial charge on any atom is 0.418 e. The number of nitrogens with two attached hydrogens (primary N) is 1. The number of halogens is 4. The monoisotopic (exact) mass is 397 g/mol. The Hall–Kier alpha value is -3.21. The van der Waals surface area contributed by atoms with Crippen molar-refractivity contribution < 1.29 is 18.0 Å². The zero-order valence-corrected chi connectivity index (χ0v) is 14.2. The predicted octanol–water partition coefficient (Wildman–Crippen LogP) is 2.24. The van der Waals surface area contributed by atoms with Crippen molar-refractivity contribution in [2.24, 2.45) is 0 Å². The molecule has 8 nitrogen and oxygen atoms in total. The van der Waals surface area contributed by atoms with Gasteiger partial charge in [0, 0.05) is 30.2 Å². The molecule has 0 unspecified atom stereocenters. The van der Waals surface area contributed by atoms with Crippen LogP contribution in [-0.4, -0.2) is 30.9 Å². The average Bonchev–Trinajstić information content (AvgIpc) is 3.15. The molecule has 0 aliphatic carbocycles. The standard InChI is InChI=1S/C15H11ClF3N7O/c16-13-8(6-23-14(27)10-7-21-1-2-22-10)12(15(17,18)19)9(20)5-11(13)26-4-3-24-25-26/h1-5,7H,6,20H2,(H,23,27). The quantitative estimate of drug-likeness (QED) is 0.653. The van der Waals surface area contributed by atoms with Gasteiger partial charge in [-0.05, 0) is 6.07 Å². The van der Waals surface area contributed by atoms with Crippen LogP contribution in [0.1, 0.15) is 21.6 Å². The summed E-state index contributed by atoms with van der Waals surface area (Å²) in [5.74, 6) is -0.711. The van der Waals surface area contributed by atoms with Crippen molar-refractivity contribution in [3.63, 3.8) is 0 Å². The number of hydrogen-bond donors (Lipinski definition) is 2. The third-order valence-corrected chi connectivity index (χ3v) is 3.97. The lowest BCUT2D eigenvalue weighted by atomic mass is 10.0. The van der Waals surface area contributed by atoms with Crippen LogP contribution in [0.25, 0.3) is 5.69 Å². The van der Waals surface area contributed by atoms with Crippen molar-refractivity contribution in [3.05, 3.63) is 58.9 Å². The summed E-state index contributed by atoms with van der Waals surface area (Å²) in [4.78, 5) is 19.6. The Bertz CT molecular complexity index is 962. The van der Waals surface area contributed by atoms with E-state index in [4.69, 9.17) is 17.3 Å². The molecule has 0 saturated heterocycles. The fourth-order valence-corrected chi connectivity index (χ4v) is 2.70. The number of alkyl halides is 3. The molecule has 3 rings (SSSR count). The topological polar surface area (TPSA) is 112 Å². The van der Waals surface area contributed by atoms with Crippen molar-refractivity contribution in [1.29, 1.82) is 0 Å². The summed E-state index contributed by atoms with van der Waals surface area (Å²) >= 11 is 6.19. The lowest BCUT2D eigenvalue weighted by molar-refractivity contribution is -0.137. The van der Waals surface area contributed by atoms with Crippen molar-refractivity contribution in [2.45, 2.75) is 12.7 Å². The van der Waals surface area contributed by atoms with E-state index in [9.17, 15) is 18.0 Å². The SMILES string of the molecule is Nc1cc(-n2ccnn2)c(Cl)c(CNC(=O)c2cnccn2)c1C(F)(F)F. The zero-order chi connectivity index (χ0) is 19.6. The largest absolute Gasteiger partial charge is 0.418 e. The van der Waals surface area contributed by atoms with E-state index in [0.717, 1.165) is 6.07 Å². The molecule has 0 saturated carbocycles. The molecule has 27 heavy (non-hydrogen) atoms. The van der Waals surface area contributed by atoms with Gasteiger partial charge < -0.3 is 11.1 Å². The number of aromatic nitrogens is 5. The Morgan fingerprint density at radius 2 is 2.07 bits per heavy atom. The van der Waals surface area contributed by atoms with Crippen LogP contribution >= 0.6 is 11.6 Å². The molecule has 1 aromatic carbocycles. The number of amides is 1. The fourth-order valence-electron chi connectivity index (χ4n) is 2.40. The molecule has 3 aromatic rings. The number of hydrogen-bond acceptors (Lipinski definition) is 6. The van der Waals surface area contributed by atoms with Gasteiger partial charge in [-0.2, -0.15) is 13.2 Å². The van der Waals surface area contributed by atoms with Gasteiger partial charge in [-0.25, -0.2) is 9.67 Å². The summed E-state index contributed by atoms with van der Waals surface area (Å²) in [5, 5.41) is 9.37. The van der Waals surface area contributed by atoms with Crippen LogP contribution in [0.4, 0.5) is 18.9 Å². The van der Waals surface area contributed by atoms with E-state index in [1.807, 2.05) is 0 Å². The Morgan fingerprint density at radius 1 is 1.30 bits per heavy atom. The molecule has 0 fully saturated rings. The molecule has 140 valence electrons. The number of nitrogens with zero attached hydrogens (tertiary/aromatic N) is 5. The first-order valence-electron chi connectivity index (χ1n) is 7.38. The van der Waals surface area contributed by atoms with Crippen LogP contribution in [0.5, 0.6) is 0 Å². The van der Waals surface area contributed by atoms with E-state index in [0.29, 0.717) is 0 Å². The first kappa shape index (κ1) is 18.6. The van der Waals surface area contributed by atoms with Gasteiger partial charge in [0.2, 0.25) is 0 Å². The summed E-state index contributed by atoms with van der Waals surface area (Å²) in [7, 11) is 0. The summed E-state index contributed by atoms with van der Waals surface area (Å²) in [6, 6.07) is 1.05. The van der Waals surface area contributed by atoms with Gasteiger partial charge in [0.15, 0.2) is 0 Å². The van der Waals surface area contributed by atoms with E-state index in [1.54, 1.807) is 0 Å². The number of rotatable bonds is 4. The van der Waals surface area contributed by atoms with Crippen molar-refractivity contribution in [2.75, 3.05) is 5.73 Å². The summed E-state index contributed by atoms with van der Waals surface area (Å²) in [5.41, 5.74) is 3.59.